The lowest BCUT2D eigenvalue weighted by Crippen LogP contribution is -2.29. The fourth-order valence-electron chi connectivity index (χ4n) is 1.39. The van der Waals surface area contributed by atoms with Crippen LogP contribution < -0.4 is 10.6 Å². The summed E-state index contributed by atoms with van der Waals surface area (Å²) in [7, 11) is 1.71. The summed E-state index contributed by atoms with van der Waals surface area (Å²) < 4.78 is 4.94. The number of aromatic nitrogens is 1. The third-order valence-corrected chi connectivity index (χ3v) is 2.37. The fourth-order valence-corrected chi connectivity index (χ4v) is 1.39. The van der Waals surface area contributed by atoms with Crippen molar-refractivity contribution in [3.63, 3.8) is 0 Å². The maximum absolute atomic E-state index is 4.94. The number of hydrogen-bond donors (Lipinski definition) is 2. The summed E-state index contributed by atoms with van der Waals surface area (Å²) >= 11 is 0. The summed E-state index contributed by atoms with van der Waals surface area (Å²) in [5.74, 6) is 0. The molecule has 0 saturated carbocycles. The van der Waals surface area contributed by atoms with Crippen molar-refractivity contribution in [3.05, 3.63) is 29.6 Å². The highest BCUT2D eigenvalue weighted by Gasteiger charge is 1.96. The van der Waals surface area contributed by atoms with Crippen LogP contribution in [0.4, 0.5) is 0 Å². The molecule has 2 N–H and O–H groups in total. The van der Waals surface area contributed by atoms with E-state index in [1.54, 1.807) is 7.11 Å². The first kappa shape index (κ1) is 13.1. The smallest absolute Gasteiger partial charge is 0.0587 e. The van der Waals surface area contributed by atoms with Gasteiger partial charge in [-0.1, -0.05) is 6.07 Å². The molecule has 4 nitrogen and oxygen atoms in total. The number of aryl methyl sites for hydroxylation is 1. The summed E-state index contributed by atoms with van der Waals surface area (Å²) in [5.41, 5.74) is 2.36. The number of hydrogen-bond acceptors (Lipinski definition) is 4. The van der Waals surface area contributed by atoms with E-state index in [1.807, 2.05) is 12.3 Å². The van der Waals surface area contributed by atoms with E-state index in [4.69, 9.17) is 4.74 Å². The lowest BCUT2D eigenvalue weighted by Gasteiger charge is -2.07. The zero-order valence-corrected chi connectivity index (χ0v) is 10.1. The van der Waals surface area contributed by atoms with Crippen molar-refractivity contribution in [2.45, 2.75) is 13.5 Å². The molecule has 0 amide bonds. The van der Waals surface area contributed by atoms with Gasteiger partial charge in [0.1, 0.15) is 0 Å². The van der Waals surface area contributed by atoms with E-state index < -0.39 is 0 Å². The topological polar surface area (TPSA) is 46.2 Å². The molecular formula is C12H21N3O. The van der Waals surface area contributed by atoms with Crippen LogP contribution in [-0.4, -0.2) is 38.3 Å². The normalized spacial score (nSPS) is 10.6. The van der Waals surface area contributed by atoms with Crippen molar-refractivity contribution in [1.29, 1.82) is 0 Å². The fraction of sp³-hybridized carbons (Fsp3) is 0.583. The summed E-state index contributed by atoms with van der Waals surface area (Å²) in [6.45, 7) is 6.48. The Bertz CT molecular complexity index is 291. The molecule has 0 fully saturated rings. The van der Waals surface area contributed by atoms with E-state index >= 15 is 0 Å². The molecular weight excluding hydrogens is 202 g/mol. The third kappa shape index (κ3) is 5.21. The van der Waals surface area contributed by atoms with E-state index in [2.05, 4.69) is 28.6 Å². The van der Waals surface area contributed by atoms with Crippen LogP contribution in [0.5, 0.6) is 0 Å². The van der Waals surface area contributed by atoms with Crippen molar-refractivity contribution < 1.29 is 4.74 Å². The molecule has 0 aliphatic heterocycles. The molecule has 0 aromatic carbocycles. The minimum Gasteiger partial charge on any atom is -0.383 e. The largest absolute Gasteiger partial charge is 0.383 e. The highest BCUT2D eigenvalue weighted by molar-refractivity contribution is 5.17. The molecule has 90 valence electrons. The predicted octanol–water partition coefficient (Wildman–Crippen LogP) is 0.716. The van der Waals surface area contributed by atoms with Gasteiger partial charge in [-0.3, -0.25) is 4.98 Å². The predicted molar refractivity (Wildman–Crippen MR) is 65.4 cm³/mol. The SMILES string of the molecule is COCCNCCNCc1ncccc1C. The van der Waals surface area contributed by atoms with Gasteiger partial charge in [-0.25, -0.2) is 0 Å². The Morgan fingerprint density at radius 2 is 2.06 bits per heavy atom. The Balaban J connectivity index is 2.05. The summed E-state index contributed by atoms with van der Waals surface area (Å²) in [6.07, 6.45) is 1.83. The minimum atomic E-state index is 0.763. The molecule has 0 atom stereocenters. The number of nitrogens with one attached hydrogen (secondary N) is 2. The Morgan fingerprint density at radius 1 is 1.25 bits per heavy atom. The highest BCUT2D eigenvalue weighted by Crippen LogP contribution is 2.01. The molecule has 0 spiro atoms. The second-order valence-corrected chi connectivity index (χ2v) is 3.69. The summed E-state index contributed by atoms with van der Waals surface area (Å²) in [6, 6.07) is 4.05. The molecule has 0 bridgehead atoms. The molecule has 1 heterocycles. The lowest BCUT2D eigenvalue weighted by molar-refractivity contribution is 0.199. The second-order valence-electron chi connectivity index (χ2n) is 3.69. The molecule has 0 radical (unpaired) electrons. The van der Waals surface area contributed by atoms with Crippen molar-refractivity contribution in [3.8, 4) is 0 Å². The Labute approximate surface area is 97.4 Å². The van der Waals surface area contributed by atoms with Gasteiger partial charge < -0.3 is 15.4 Å². The van der Waals surface area contributed by atoms with Crippen LogP contribution in [0.15, 0.2) is 18.3 Å². The molecule has 0 aliphatic carbocycles. The average molecular weight is 223 g/mol. The maximum Gasteiger partial charge on any atom is 0.0587 e. The second kappa shape index (κ2) is 8.21. The van der Waals surface area contributed by atoms with Gasteiger partial charge in [0.15, 0.2) is 0 Å². The van der Waals surface area contributed by atoms with E-state index in [9.17, 15) is 0 Å². The molecule has 0 saturated heterocycles. The molecule has 1 aromatic heterocycles. The minimum absolute atomic E-state index is 0.763. The van der Waals surface area contributed by atoms with Crippen molar-refractivity contribution in [1.82, 2.24) is 15.6 Å². The van der Waals surface area contributed by atoms with E-state index in [1.165, 1.54) is 5.56 Å². The van der Waals surface area contributed by atoms with Gasteiger partial charge in [0.25, 0.3) is 0 Å². The first-order chi connectivity index (χ1) is 7.84. The van der Waals surface area contributed by atoms with Crippen molar-refractivity contribution in [2.75, 3.05) is 33.4 Å². The van der Waals surface area contributed by atoms with Gasteiger partial charge >= 0.3 is 0 Å². The summed E-state index contributed by atoms with van der Waals surface area (Å²) in [4.78, 5) is 4.32. The van der Waals surface area contributed by atoms with Crippen LogP contribution >= 0.6 is 0 Å². The molecule has 4 heteroatoms. The van der Waals surface area contributed by atoms with Crippen molar-refractivity contribution in [2.24, 2.45) is 0 Å². The number of methoxy groups -OCH3 is 1. The number of rotatable bonds is 8. The maximum atomic E-state index is 4.94. The van der Waals surface area contributed by atoms with Crippen LogP contribution in [0, 0.1) is 6.92 Å². The van der Waals surface area contributed by atoms with Gasteiger partial charge in [-0.05, 0) is 18.6 Å². The molecule has 0 unspecified atom stereocenters. The van der Waals surface area contributed by atoms with Gasteiger partial charge in [0.05, 0.1) is 12.3 Å². The number of pyridine rings is 1. The van der Waals surface area contributed by atoms with E-state index in [0.29, 0.717) is 0 Å². The zero-order valence-electron chi connectivity index (χ0n) is 10.1. The number of nitrogens with zero attached hydrogens (tertiary/aromatic N) is 1. The first-order valence-electron chi connectivity index (χ1n) is 5.65. The molecule has 1 aromatic rings. The molecule has 16 heavy (non-hydrogen) atoms. The first-order valence-corrected chi connectivity index (χ1v) is 5.65. The van der Waals surface area contributed by atoms with Gasteiger partial charge in [-0.2, -0.15) is 0 Å². The summed E-state index contributed by atoms with van der Waals surface area (Å²) in [5, 5.41) is 6.63. The average Bonchev–Trinajstić information content (AvgIpc) is 2.30. The van der Waals surface area contributed by atoms with Gasteiger partial charge in [0, 0.05) is 39.5 Å². The van der Waals surface area contributed by atoms with Crippen molar-refractivity contribution >= 4 is 0 Å². The molecule has 0 aliphatic rings. The third-order valence-electron chi connectivity index (χ3n) is 2.37. The lowest BCUT2D eigenvalue weighted by atomic mass is 10.2. The highest BCUT2D eigenvalue weighted by atomic mass is 16.5. The van der Waals surface area contributed by atoms with E-state index in [0.717, 1.165) is 38.5 Å². The van der Waals surface area contributed by atoms with Crippen LogP contribution in [0.3, 0.4) is 0 Å². The quantitative estimate of drug-likeness (QED) is 0.637. The van der Waals surface area contributed by atoms with E-state index in [-0.39, 0.29) is 0 Å². The van der Waals surface area contributed by atoms with Crippen LogP contribution in [0.2, 0.25) is 0 Å². The standard InChI is InChI=1S/C12H21N3O/c1-11-4-3-5-15-12(11)10-14-7-6-13-8-9-16-2/h3-5,13-14H,6-10H2,1-2H3. The van der Waals surface area contributed by atoms with Crippen LogP contribution in [0.25, 0.3) is 0 Å². The van der Waals surface area contributed by atoms with Gasteiger partial charge in [-0.15, -0.1) is 0 Å². The van der Waals surface area contributed by atoms with Gasteiger partial charge in [0.2, 0.25) is 0 Å². The number of ether oxygens (including phenoxy) is 1. The molecule has 1 rings (SSSR count). The monoisotopic (exact) mass is 223 g/mol. The zero-order chi connectivity index (χ0) is 11.6. The van der Waals surface area contributed by atoms with Crippen LogP contribution in [0.1, 0.15) is 11.3 Å². The Morgan fingerprint density at radius 3 is 2.81 bits per heavy atom. The Hall–Kier alpha value is -0.970. The van der Waals surface area contributed by atoms with Crippen LogP contribution in [-0.2, 0) is 11.3 Å². The Kier molecular flexibility index (Phi) is 6.72.